The number of imide groups is 2. The third kappa shape index (κ3) is 7.00. The molecule has 8 rings (SSSR count). The second-order valence-corrected chi connectivity index (χ2v) is 16.3. The Morgan fingerprint density at radius 2 is 1.58 bits per heavy atom. The lowest BCUT2D eigenvalue weighted by Gasteiger charge is -2.50. The van der Waals surface area contributed by atoms with E-state index in [9.17, 15) is 45.8 Å². The van der Waals surface area contributed by atoms with E-state index in [1.165, 1.54) is 19.2 Å². The molecule has 0 spiro atoms. The Hall–Kier alpha value is -5.43. The first-order chi connectivity index (χ1) is 29.3. The van der Waals surface area contributed by atoms with Crippen molar-refractivity contribution in [2.45, 2.75) is 36.5 Å². The first kappa shape index (κ1) is 43.2. The fourth-order valence-electron chi connectivity index (χ4n) is 9.27. The summed E-state index contributed by atoms with van der Waals surface area (Å²) < 4.78 is 87.4. The lowest BCUT2D eigenvalue weighted by molar-refractivity contribution is -0.142. The third-order valence-corrected chi connectivity index (χ3v) is 12.7. The minimum Gasteiger partial charge on any atom is -0.491 e. The number of halogens is 9. The van der Waals surface area contributed by atoms with Gasteiger partial charge in [-0.1, -0.05) is 70.7 Å². The Balaban J connectivity index is 1.27. The van der Waals surface area contributed by atoms with Crippen molar-refractivity contribution in [1.29, 1.82) is 0 Å². The molecule has 4 aliphatic rings. The highest BCUT2D eigenvalue weighted by Crippen LogP contribution is 2.64. The number of allylic oxidation sites excluding steroid dienone is 2. The number of ether oxygens (including phenoxy) is 1. The number of aromatic nitrogens is 2. The van der Waals surface area contributed by atoms with Crippen molar-refractivity contribution in [2.75, 3.05) is 30.7 Å². The molecule has 1 saturated carbocycles. The lowest BCUT2D eigenvalue weighted by Crippen LogP contribution is -2.53. The van der Waals surface area contributed by atoms with E-state index in [1.807, 2.05) is 0 Å². The third-order valence-electron chi connectivity index (χ3n) is 11.8. The number of fused-ring (bicyclic) bond motifs is 4. The fourth-order valence-corrected chi connectivity index (χ4v) is 9.83. The molecule has 2 N–H and O–H groups in total. The van der Waals surface area contributed by atoms with E-state index in [2.05, 4.69) is 15.4 Å². The van der Waals surface area contributed by atoms with Gasteiger partial charge in [-0.2, -0.15) is 36.4 Å². The van der Waals surface area contributed by atoms with Crippen molar-refractivity contribution >= 4 is 70.1 Å². The maximum atomic E-state index is 15.4. The number of alkyl halides is 6. The minimum absolute atomic E-state index is 0.0354. The van der Waals surface area contributed by atoms with Crippen molar-refractivity contribution in [1.82, 2.24) is 20.0 Å². The van der Waals surface area contributed by atoms with E-state index in [1.54, 1.807) is 42.5 Å². The summed E-state index contributed by atoms with van der Waals surface area (Å²) in [6, 6.07) is 14.8. The van der Waals surface area contributed by atoms with Gasteiger partial charge in [0.25, 0.3) is 23.6 Å². The van der Waals surface area contributed by atoms with Crippen LogP contribution in [0.2, 0.25) is 15.1 Å². The molecule has 0 radical (unpaired) electrons. The molecule has 4 aromatic rings. The van der Waals surface area contributed by atoms with E-state index in [0.717, 1.165) is 11.1 Å². The molecule has 2 aliphatic heterocycles. The molecule has 12 nitrogen and oxygen atoms in total. The molecule has 6 atom stereocenters. The Bertz CT molecular complexity index is 2530. The van der Waals surface area contributed by atoms with Crippen LogP contribution in [0.3, 0.4) is 0 Å². The van der Waals surface area contributed by atoms with Crippen molar-refractivity contribution in [3.05, 3.63) is 122 Å². The highest BCUT2D eigenvalue weighted by atomic mass is 35.5. The number of hydrazine groups is 2. The average Bonchev–Trinajstić information content (AvgIpc) is 3.60. The maximum absolute atomic E-state index is 15.4. The number of benzene rings is 2. The molecular weight excluding hydrogens is 893 g/mol. The molecule has 2 aliphatic carbocycles. The van der Waals surface area contributed by atoms with Gasteiger partial charge >= 0.3 is 12.4 Å². The smallest absolute Gasteiger partial charge is 0.433 e. The Labute approximate surface area is 362 Å². The van der Waals surface area contributed by atoms with Gasteiger partial charge in [0.2, 0.25) is 0 Å². The zero-order chi connectivity index (χ0) is 44.6. The first-order valence-corrected chi connectivity index (χ1v) is 19.9. The van der Waals surface area contributed by atoms with Crippen LogP contribution in [-0.2, 0) is 36.9 Å². The molecule has 2 saturated heterocycles. The highest BCUT2D eigenvalue weighted by Gasteiger charge is 2.70. The Morgan fingerprint density at radius 1 is 0.887 bits per heavy atom. The van der Waals surface area contributed by atoms with Gasteiger partial charge in [-0.15, -0.1) is 0 Å². The number of hydrogen-bond donors (Lipinski definition) is 2. The zero-order valence-corrected chi connectivity index (χ0v) is 34.1. The number of aliphatic hydroxyl groups is 1. The average molecular weight is 924 g/mol. The van der Waals surface area contributed by atoms with Crippen molar-refractivity contribution in [2.24, 2.45) is 23.7 Å². The van der Waals surface area contributed by atoms with Gasteiger partial charge in [0.05, 0.1) is 45.4 Å². The van der Waals surface area contributed by atoms with Crippen molar-refractivity contribution in [3.63, 3.8) is 0 Å². The number of nitrogens with zero attached hydrogens (tertiary/aromatic N) is 5. The predicted octanol–water partition coefficient (Wildman–Crippen LogP) is 7.88. The number of carbonyl (C=O) groups excluding carboxylic acids is 4. The lowest BCUT2D eigenvalue weighted by atomic mass is 9.49. The maximum Gasteiger partial charge on any atom is 0.433 e. The molecule has 0 bridgehead atoms. The summed E-state index contributed by atoms with van der Waals surface area (Å²) >= 11 is 18.9. The molecule has 4 heterocycles. The molecule has 62 heavy (non-hydrogen) atoms. The van der Waals surface area contributed by atoms with Crippen LogP contribution in [0.15, 0.2) is 84.6 Å². The van der Waals surface area contributed by atoms with Crippen molar-refractivity contribution in [3.8, 4) is 5.75 Å². The topological polar surface area (TPSA) is 145 Å². The van der Waals surface area contributed by atoms with Gasteiger partial charge in [0.1, 0.15) is 18.1 Å². The second-order valence-electron chi connectivity index (χ2n) is 15.1. The van der Waals surface area contributed by atoms with Gasteiger partial charge in [-0.25, -0.2) is 9.97 Å². The summed E-state index contributed by atoms with van der Waals surface area (Å²) in [7, 11) is 1.18. The van der Waals surface area contributed by atoms with Gasteiger partial charge < -0.3 is 9.84 Å². The number of carbonyl (C=O) groups is 4. The fraction of sp³-hybridized carbons (Fsp3) is 0.317. The van der Waals surface area contributed by atoms with Gasteiger partial charge in [0, 0.05) is 24.2 Å². The van der Waals surface area contributed by atoms with Crippen LogP contribution < -0.4 is 15.2 Å². The van der Waals surface area contributed by atoms with Gasteiger partial charge in [-0.3, -0.25) is 29.6 Å². The number of hydrogen-bond acceptors (Lipinski definition) is 10. The highest BCUT2D eigenvalue weighted by molar-refractivity contribution is 6.33. The van der Waals surface area contributed by atoms with Gasteiger partial charge in [0.15, 0.2) is 11.6 Å². The summed E-state index contributed by atoms with van der Waals surface area (Å²) in [6.07, 6.45) is -7.76. The summed E-state index contributed by atoms with van der Waals surface area (Å²) in [5.41, 5.74) is -0.521. The van der Waals surface area contributed by atoms with Gasteiger partial charge in [-0.05, 0) is 72.4 Å². The standard InChI is InChI=1S/C41H31Cl3F6N6O6/c1-54(34-28(43)12-13-30(52-34)41(48,49)50)56-35(58)25-11-10-24-26(31(25)37(56)60)17-27-36(59)55(53-33-29(44)16-21(18-51-33)40(45,46)47)38(61)39(27,20-4-6-22(42)7-5-20)32(24)19-2-8-23(9-3-19)62-15-14-57/h2-10,12-13,16,18,25-27,31-32,57H,11,14-15,17H2,1H3,(H,51,53). The Kier molecular flexibility index (Phi) is 11.0. The van der Waals surface area contributed by atoms with Crippen LogP contribution in [0, 0.1) is 23.7 Å². The molecule has 324 valence electrons. The zero-order valence-electron chi connectivity index (χ0n) is 31.8. The SMILES string of the molecule is CN(c1nc(C(F)(F)F)ccc1Cl)N1C(=O)C2CC=C3C(CC4C(=O)N(Nc5ncc(C(F)(F)F)cc5Cl)C(=O)C4(c4ccc(Cl)cc4)C3c3ccc(OCCO)cc3)C2C1=O. The summed E-state index contributed by atoms with van der Waals surface area (Å²) in [5, 5.41) is 11.0. The molecule has 4 amide bonds. The molecule has 21 heteroatoms. The van der Waals surface area contributed by atoms with E-state index < -0.39 is 98.9 Å². The van der Waals surface area contributed by atoms with E-state index in [0.29, 0.717) is 55.8 Å². The normalized spacial score (nSPS) is 24.8. The molecule has 6 unspecified atom stereocenters. The van der Waals surface area contributed by atoms with Crippen LogP contribution in [-0.4, -0.2) is 69.0 Å². The van der Waals surface area contributed by atoms with E-state index in [-0.39, 0.29) is 31.1 Å². The largest absolute Gasteiger partial charge is 0.491 e. The first-order valence-electron chi connectivity index (χ1n) is 18.8. The monoisotopic (exact) mass is 922 g/mol. The molecular formula is C41H31Cl3F6N6O6. The molecule has 2 aromatic carbocycles. The number of nitrogens with one attached hydrogen (secondary N) is 1. The van der Waals surface area contributed by atoms with Crippen LogP contribution in [0.4, 0.5) is 38.0 Å². The Morgan fingerprint density at radius 3 is 2.21 bits per heavy atom. The summed E-state index contributed by atoms with van der Waals surface area (Å²) in [6.45, 7) is -0.318. The number of amides is 4. The summed E-state index contributed by atoms with van der Waals surface area (Å²) in [4.78, 5) is 66.6. The summed E-state index contributed by atoms with van der Waals surface area (Å²) in [5.74, 6) is -9.48. The molecule has 2 aromatic heterocycles. The van der Waals surface area contributed by atoms with Crippen LogP contribution >= 0.6 is 34.8 Å². The van der Waals surface area contributed by atoms with Crippen LogP contribution in [0.25, 0.3) is 0 Å². The molecule has 3 fully saturated rings. The van der Waals surface area contributed by atoms with Crippen LogP contribution in [0.1, 0.15) is 41.1 Å². The number of rotatable bonds is 9. The van der Waals surface area contributed by atoms with Crippen LogP contribution in [0.5, 0.6) is 5.75 Å². The number of anilines is 2. The number of pyridine rings is 2. The predicted molar refractivity (Wildman–Crippen MR) is 210 cm³/mol. The second kappa shape index (κ2) is 15.7. The van der Waals surface area contributed by atoms with E-state index in [4.69, 9.17) is 39.5 Å². The van der Waals surface area contributed by atoms with E-state index >= 15 is 4.79 Å². The van der Waals surface area contributed by atoms with Crippen molar-refractivity contribution < 1.29 is 55.4 Å². The number of aliphatic hydroxyl groups excluding tert-OH is 1. The minimum atomic E-state index is -4.88. The quantitative estimate of drug-likeness (QED) is 0.0967.